The lowest BCUT2D eigenvalue weighted by Crippen LogP contribution is -2.30. The Bertz CT molecular complexity index is 1070. The van der Waals surface area contributed by atoms with Crippen LogP contribution in [0.25, 0.3) is 11.2 Å². The second-order valence-electron chi connectivity index (χ2n) is 7.37. The smallest absolute Gasteiger partial charge is 0.167 e. The number of ether oxygens (including phenoxy) is 3. The van der Waals surface area contributed by atoms with Crippen LogP contribution in [0.3, 0.4) is 0 Å². The van der Waals surface area contributed by atoms with Crippen molar-refractivity contribution >= 4 is 29.0 Å². The van der Waals surface area contributed by atoms with E-state index in [1.165, 1.54) is 18.5 Å². The number of rotatable bonds is 4. The van der Waals surface area contributed by atoms with Gasteiger partial charge in [-0.2, -0.15) is 0 Å². The van der Waals surface area contributed by atoms with Crippen LogP contribution in [0.15, 0.2) is 36.9 Å². The quantitative estimate of drug-likeness (QED) is 0.667. The highest BCUT2D eigenvalue weighted by Gasteiger charge is 2.56. The third-order valence-electron chi connectivity index (χ3n) is 4.94. The Kier molecular flexibility index (Phi) is 4.09. The Morgan fingerprint density at radius 2 is 1.90 bits per heavy atom. The Balaban J connectivity index is 1.50. The number of fused-ring (bicyclic) bond motifs is 2. The number of halogens is 1. The van der Waals surface area contributed by atoms with E-state index in [1.807, 2.05) is 0 Å². The van der Waals surface area contributed by atoms with Gasteiger partial charge in [0.1, 0.15) is 30.5 Å². The maximum atomic E-state index is 13.1. The summed E-state index contributed by atoms with van der Waals surface area (Å²) < 4.78 is 32.6. The van der Waals surface area contributed by atoms with Crippen molar-refractivity contribution < 1.29 is 23.4 Å². The van der Waals surface area contributed by atoms with Gasteiger partial charge in [0.25, 0.3) is 0 Å². The monoisotopic (exact) mass is 399 g/mol. The fourth-order valence-corrected chi connectivity index (χ4v) is 3.74. The average Bonchev–Trinajstić information content (AvgIpc) is 3.34. The fraction of sp³-hybridized carbons (Fsp3) is 0.368. The maximum Gasteiger partial charge on any atom is 0.167 e. The molecular weight excluding hydrogens is 381 g/mol. The van der Waals surface area contributed by atoms with E-state index < -0.39 is 30.3 Å². The summed E-state index contributed by atoms with van der Waals surface area (Å²) in [5.74, 6) is -0.683. The van der Waals surface area contributed by atoms with E-state index >= 15 is 0 Å². The van der Waals surface area contributed by atoms with Crippen molar-refractivity contribution in [3.05, 3.63) is 42.7 Å². The molecule has 10 heteroatoms. The first-order valence-electron chi connectivity index (χ1n) is 9.12. The summed E-state index contributed by atoms with van der Waals surface area (Å²) in [4.78, 5) is 24.5. The van der Waals surface area contributed by atoms with Gasteiger partial charge in [0.05, 0.1) is 6.33 Å². The van der Waals surface area contributed by atoms with E-state index in [1.54, 1.807) is 36.9 Å². The van der Waals surface area contributed by atoms with Crippen LogP contribution in [-0.4, -0.2) is 49.9 Å². The number of aldehydes is 1. The zero-order valence-corrected chi connectivity index (χ0v) is 15.7. The van der Waals surface area contributed by atoms with Gasteiger partial charge in [-0.05, 0) is 38.1 Å². The predicted octanol–water partition coefficient (Wildman–Crippen LogP) is 2.33. The molecule has 1 aromatic carbocycles. The Morgan fingerprint density at radius 1 is 1.14 bits per heavy atom. The number of hydrogen-bond acceptors (Lipinski definition) is 8. The first kappa shape index (κ1) is 18.1. The molecule has 150 valence electrons. The Hall–Kier alpha value is -2.95. The van der Waals surface area contributed by atoms with Crippen LogP contribution in [0.1, 0.15) is 20.1 Å². The first-order chi connectivity index (χ1) is 13.9. The third kappa shape index (κ3) is 3.05. The van der Waals surface area contributed by atoms with Crippen LogP contribution in [0, 0.1) is 5.82 Å². The number of imidazole rings is 1. The molecule has 2 fully saturated rings. The van der Waals surface area contributed by atoms with Crippen LogP contribution < -0.4 is 5.32 Å². The van der Waals surface area contributed by atoms with Gasteiger partial charge in [-0.1, -0.05) is 0 Å². The lowest BCUT2D eigenvalue weighted by Gasteiger charge is -2.23. The molecule has 2 aliphatic heterocycles. The highest BCUT2D eigenvalue weighted by molar-refractivity contribution is 5.85. The molecule has 0 radical (unpaired) electrons. The molecule has 0 bridgehead atoms. The van der Waals surface area contributed by atoms with Crippen molar-refractivity contribution in [1.29, 1.82) is 0 Å². The molecule has 0 amide bonds. The molecule has 4 heterocycles. The average molecular weight is 399 g/mol. The van der Waals surface area contributed by atoms with E-state index in [0.717, 1.165) is 6.29 Å². The fourth-order valence-electron chi connectivity index (χ4n) is 3.74. The number of carbonyl (C=O) groups is 1. The van der Waals surface area contributed by atoms with Crippen molar-refractivity contribution in [2.24, 2.45) is 0 Å². The minimum atomic E-state index is -0.820. The van der Waals surface area contributed by atoms with Gasteiger partial charge >= 0.3 is 0 Å². The Labute approximate surface area is 164 Å². The van der Waals surface area contributed by atoms with Gasteiger partial charge in [0.2, 0.25) is 0 Å². The van der Waals surface area contributed by atoms with Crippen LogP contribution in [0.5, 0.6) is 0 Å². The minimum absolute atomic E-state index is 0.327. The third-order valence-corrected chi connectivity index (χ3v) is 4.94. The van der Waals surface area contributed by atoms with Gasteiger partial charge in [0.15, 0.2) is 35.3 Å². The summed E-state index contributed by atoms with van der Waals surface area (Å²) in [7, 11) is 0. The molecule has 4 atom stereocenters. The molecule has 0 aliphatic carbocycles. The lowest BCUT2D eigenvalue weighted by molar-refractivity contribution is -0.194. The molecule has 5 rings (SSSR count). The van der Waals surface area contributed by atoms with Crippen molar-refractivity contribution in [3.8, 4) is 0 Å². The number of aromatic nitrogens is 4. The zero-order chi connectivity index (χ0) is 20.2. The molecule has 0 unspecified atom stereocenters. The first-order valence-corrected chi connectivity index (χ1v) is 9.12. The molecule has 2 saturated heterocycles. The Morgan fingerprint density at radius 3 is 2.66 bits per heavy atom. The second-order valence-corrected chi connectivity index (χ2v) is 7.37. The van der Waals surface area contributed by atoms with Crippen molar-refractivity contribution in [1.82, 2.24) is 19.5 Å². The number of carbonyl (C=O) groups excluding carboxylic acids is 1. The number of benzene rings is 1. The number of nitrogens with zero attached hydrogens (tertiary/aromatic N) is 4. The second kappa shape index (κ2) is 6.55. The highest BCUT2D eigenvalue weighted by atomic mass is 19.1. The van der Waals surface area contributed by atoms with Crippen LogP contribution in [0.4, 0.5) is 15.9 Å². The molecule has 1 N–H and O–H groups in total. The molecule has 2 aliphatic rings. The van der Waals surface area contributed by atoms with E-state index in [0.29, 0.717) is 22.7 Å². The van der Waals surface area contributed by atoms with Crippen LogP contribution in [-0.2, 0) is 19.0 Å². The van der Waals surface area contributed by atoms with Crippen molar-refractivity contribution in [2.75, 3.05) is 5.32 Å². The standard InChI is InChI=1S/C19H18FN5O4/c1-19(2)28-14-12(7-26)27-18(15(14)29-19)25-9-23-13-16(21-8-22-17(13)25)24-11-5-3-10(20)4-6-11/h3-9,12,14-15,18H,1-2H3,(H,21,22,24)/t12-,14-,15+,18+/m0/s1. The number of hydrogen-bond donors (Lipinski definition) is 1. The van der Waals surface area contributed by atoms with Gasteiger partial charge < -0.3 is 24.3 Å². The molecule has 0 saturated carbocycles. The van der Waals surface area contributed by atoms with E-state index in [4.69, 9.17) is 14.2 Å². The van der Waals surface area contributed by atoms with Gasteiger partial charge in [-0.3, -0.25) is 4.57 Å². The summed E-state index contributed by atoms with van der Waals surface area (Å²) >= 11 is 0. The lowest BCUT2D eigenvalue weighted by atomic mass is 10.1. The SMILES string of the molecule is CC1(C)O[C@@H]2[C@@H](O1)[C@H](n1cnc3c(Nc4ccc(F)cc4)ncnc31)O[C@H]2C=O. The molecule has 0 spiro atoms. The van der Waals surface area contributed by atoms with E-state index in [2.05, 4.69) is 20.3 Å². The van der Waals surface area contributed by atoms with E-state index in [-0.39, 0.29) is 5.82 Å². The largest absolute Gasteiger partial charge is 0.341 e. The number of anilines is 2. The van der Waals surface area contributed by atoms with Crippen LogP contribution >= 0.6 is 0 Å². The minimum Gasteiger partial charge on any atom is -0.341 e. The maximum absolute atomic E-state index is 13.1. The molecule has 9 nitrogen and oxygen atoms in total. The van der Waals surface area contributed by atoms with Crippen molar-refractivity contribution in [3.63, 3.8) is 0 Å². The topological polar surface area (TPSA) is 100 Å². The number of nitrogens with one attached hydrogen (secondary N) is 1. The normalized spacial score (nSPS) is 27.8. The summed E-state index contributed by atoms with van der Waals surface area (Å²) in [6.45, 7) is 3.59. The van der Waals surface area contributed by atoms with Crippen LogP contribution in [0.2, 0.25) is 0 Å². The highest BCUT2D eigenvalue weighted by Crippen LogP contribution is 2.43. The van der Waals surface area contributed by atoms with Crippen molar-refractivity contribution in [2.45, 2.75) is 44.2 Å². The predicted molar refractivity (Wildman–Crippen MR) is 98.8 cm³/mol. The van der Waals surface area contributed by atoms with Gasteiger partial charge in [-0.15, -0.1) is 0 Å². The molecule has 3 aromatic rings. The summed E-state index contributed by atoms with van der Waals surface area (Å²) in [5, 5.41) is 3.11. The van der Waals surface area contributed by atoms with Gasteiger partial charge in [-0.25, -0.2) is 19.3 Å². The summed E-state index contributed by atoms with van der Waals surface area (Å²) in [6, 6.07) is 5.91. The van der Waals surface area contributed by atoms with E-state index in [9.17, 15) is 9.18 Å². The van der Waals surface area contributed by atoms with Gasteiger partial charge in [0, 0.05) is 5.69 Å². The summed E-state index contributed by atoms with van der Waals surface area (Å²) in [6.07, 6.45) is 1.31. The molecular formula is C19H18FN5O4. The zero-order valence-electron chi connectivity index (χ0n) is 15.7. The molecule has 2 aromatic heterocycles. The summed E-state index contributed by atoms with van der Waals surface area (Å²) in [5.41, 5.74) is 1.67. The molecule has 29 heavy (non-hydrogen) atoms.